The van der Waals surface area contributed by atoms with Crippen LogP contribution < -0.4 is 10.1 Å². The number of hydrogen-bond acceptors (Lipinski definition) is 6. The normalized spacial score (nSPS) is 12.5. The lowest BCUT2D eigenvalue weighted by molar-refractivity contribution is -0.274. The highest BCUT2D eigenvalue weighted by molar-refractivity contribution is 5.85. The van der Waals surface area contributed by atoms with Crippen molar-refractivity contribution < 1.29 is 28.1 Å². The number of aliphatic hydroxyl groups is 1. The van der Waals surface area contributed by atoms with E-state index in [4.69, 9.17) is 0 Å². The van der Waals surface area contributed by atoms with E-state index in [1.54, 1.807) is 29.7 Å². The molecule has 0 spiro atoms. The largest absolute Gasteiger partial charge is 0.573 e. The quantitative estimate of drug-likeness (QED) is 0.605. The summed E-state index contributed by atoms with van der Waals surface area (Å²) < 4.78 is 42.3. The summed E-state index contributed by atoms with van der Waals surface area (Å²) in [5.41, 5.74) is 1.07. The monoisotopic (exact) mass is 404 g/mol. The molecule has 0 aliphatic rings. The molecule has 0 amide bonds. The number of aliphatic hydroxyl groups excluding tert-OH is 1. The first-order valence-corrected chi connectivity index (χ1v) is 7.59. The molecule has 0 saturated carbocycles. The van der Waals surface area contributed by atoms with E-state index < -0.39 is 24.0 Å². The van der Waals surface area contributed by atoms with E-state index in [1.807, 2.05) is 0 Å². The number of alkyl halides is 3. The Kier molecular flexibility index (Phi) is 6.01. The fourth-order valence-electron chi connectivity index (χ4n) is 2.42. The summed E-state index contributed by atoms with van der Waals surface area (Å²) in [6, 6.07) is 6.67. The Morgan fingerprint density at radius 3 is 2.63 bits per heavy atom. The van der Waals surface area contributed by atoms with Gasteiger partial charge in [-0.05, 0) is 31.2 Å². The number of halogens is 4. The van der Waals surface area contributed by atoms with Crippen molar-refractivity contribution in [2.24, 2.45) is 0 Å². The van der Waals surface area contributed by atoms with E-state index >= 15 is 0 Å². The summed E-state index contributed by atoms with van der Waals surface area (Å²) >= 11 is 0. The minimum atomic E-state index is -4.85. The third kappa shape index (κ3) is 4.72. The number of phenolic OH excluding ortho intramolecular Hbond substituents is 1. The summed E-state index contributed by atoms with van der Waals surface area (Å²) in [6.45, 7) is 1.88. The molecule has 1 atom stereocenters. The molecule has 1 aromatic carbocycles. The number of rotatable bonds is 5. The van der Waals surface area contributed by atoms with Crippen molar-refractivity contribution in [3.63, 3.8) is 0 Å². The highest BCUT2D eigenvalue weighted by Crippen LogP contribution is 2.35. The Balaban J connectivity index is 0.00000261. The van der Waals surface area contributed by atoms with Crippen molar-refractivity contribution in [3.05, 3.63) is 36.5 Å². The maximum atomic E-state index is 12.3. The van der Waals surface area contributed by atoms with Crippen molar-refractivity contribution in [1.29, 1.82) is 0 Å². The molecular weight excluding hydrogens is 389 g/mol. The molecule has 0 radical (unpaired) electrons. The van der Waals surface area contributed by atoms with Crippen molar-refractivity contribution in [3.8, 4) is 22.8 Å². The fraction of sp³-hybridized carbons (Fsp3) is 0.250. The number of phenols is 1. The number of hydrogen-bond donors (Lipinski definition) is 3. The van der Waals surface area contributed by atoms with Crippen LogP contribution in [0.25, 0.3) is 16.8 Å². The minimum Gasteiger partial charge on any atom is -0.507 e. The van der Waals surface area contributed by atoms with Crippen LogP contribution in [0.15, 0.2) is 36.5 Å². The highest BCUT2D eigenvalue weighted by atomic mass is 35.5. The summed E-state index contributed by atoms with van der Waals surface area (Å²) in [5.74, 6) is -0.576. The third-order valence-corrected chi connectivity index (χ3v) is 3.48. The molecule has 3 aromatic rings. The number of aromatic hydroxyl groups is 1. The van der Waals surface area contributed by atoms with Gasteiger partial charge < -0.3 is 20.3 Å². The first kappa shape index (κ1) is 20.6. The van der Waals surface area contributed by atoms with Gasteiger partial charge in [0.25, 0.3) is 0 Å². The zero-order valence-electron chi connectivity index (χ0n) is 13.9. The lowest BCUT2D eigenvalue weighted by Crippen LogP contribution is -2.18. The van der Waals surface area contributed by atoms with E-state index in [2.05, 4.69) is 20.3 Å². The molecule has 0 unspecified atom stereocenters. The predicted molar refractivity (Wildman–Crippen MR) is 94.2 cm³/mol. The first-order valence-electron chi connectivity index (χ1n) is 7.59. The van der Waals surface area contributed by atoms with Gasteiger partial charge in [0.2, 0.25) is 5.95 Å². The lowest BCUT2D eigenvalue weighted by Gasteiger charge is -2.13. The smallest absolute Gasteiger partial charge is 0.507 e. The van der Waals surface area contributed by atoms with Gasteiger partial charge in [0.15, 0.2) is 0 Å². The van der Waals surface area contributed by atoms with E-state index in [0.717, 1.165) is 12.1 Å². The van der Waals surface area contributed by atoms with Gasteiger partial charge in [-0.2, -0.15) is 0 Å². The van der Waals surface area contributed by atoms with Gasteiger partial charge in [-0.15, -0.1) is 35.8 Å². The Morgan fingerprint density at radius 1 is 1.26 bits per heavy atom. The average Bonchev–Trinajstić information content (AvgIpc) is 3.01. The van der Waals surface area contributed by atoms with Crippen molar-refractivity contribution in [1.82, 2.24) is 14.6 Å². The van der Waals surface area contributed by atoms with Crippen LogP contribution in [-0.2, 0) is 0 Å². The molecule has 7 nitrogen and oxygen atoms in total. The summed E-state index contributed by atoms with van der Waals surface area (Å²) in [5, 5.41) is 30.5. The third-order valence-electron chi connectivity index (χ3n) is 3.48. The molecule has 3 rings (SSSR count). The van der Waals surface area contributed by atoms with Gasteiger partial charge in [-0.3, -0.25) is 4.40 Å². The molecule has 2 aromatic heterocycles. The molecule has 2 heterocycles. The van der Waals surface area contributed by atoms with Crippen molar-refractivity contribution in [2.45, 2.75) is 19.4 Å². The van der Waals surface area contributed by atoms with E-state index in [9.17, 15) is 23.4 Å². The zero-order chi connectivity index (χ0) is 18.9. The highest BCUT2D eigenvalue weighted by Gasteiger charge is 2.31. The number of fused-ring (bicyclic) bond motifs is 1. The molecule has 0 bridgehead atoms. The minimum absolute atomic E-state index is 0. The predicted octanol–water partition coefficient (Wildman–Crippen LogP) is 3.22. The molecule has 11 heteroatoms. The summed E-state index contributed by atoms with van der Waals surface area (Å²) in [4.78, 5) is 0. The number of nitrogens with zero attached hydrogens (tertiary/aromatic N) is 3. The van der Waals surface area contributed by atoms with Crippen LogP contribution in [0, 0.1) is 0 Å². The van der Waals surface area contributed by atoms with Crippen LogP contribution in [0.1, 0.15) is 6.92 Å². The number of aromatic nitrogens is 3. The van der Waals surface area contributed by atoms with Gasteiger partial charge in [-0.1, -0.05) is 0 Å². The molecule has 3 N–H and O–H groups in total. The zero-order valence-corrected chi connectivity index (χ0v) is 14.8. The van der Waals surface area contributed by atoms with E-state index in [-0.39, 0.29) is 30.2 Å². The van der Waals surface area contributed by atoms with Crippen LogP contribution >= 0.6 is 12.4 Å². The Bertz CT molecular complexity index is 931. The van der Waals surface area contributed by atoms with Crippen LogP contribution in [0.4, 0.5) is 19.1 Å². The number of benzene rings is 1. The van der Waals surface area contributed by atoms with Crippen LogP contribution in [0.2, 0.25) is 0 Å². The van der Waals surface area contributed by atoms with Gasteiger partial charge in [0.05, 0.1) is 11.6 Å². The molecule has 0 fully saturated rings. The van der Waals surface area contributed by atoms with Gasteiger partial charge in [0.1, 0.15) is 17.2 Å². The molecular formula is C16H16ClF3N4O3. The Labute approximate surface area is 157 Å². The summed E-state index contributed by atoms with van der Waals surface area (Å²) in [6.07, 6.45) is -3.73. The molecule has 146 valence electrons. The van der Waals surface area contributed by atoms with Gasteiger partial charge >= 0.3 is 6.36 Å². The number of anilines is 1. The second-order valence-corrected chi connectivity index (χ2v) is 5.59. The average molecular weight is 405 g/mol. The topological polar surface area (TPSA) is 91.9 Å². The van der Waals surface area contributed by atoms with E-state index in [1.165, 1.54) is 6.07 Å². The van der Waals surface area contributed by atoms with E-state index in [0.29, 0.717) is 11.5 Å². The second kappa shape index (κ2) is 7.89. The van der Waals surface area contributed by atoms with Crippen molar-refractivity contribution >= 4 is 23.9 Å². The molecule has 0 saturated heterocycles. The number of nitrogens with one attached hydrogen (secondary N) is 1. The maximum absolute atomic E-state index is 12.3. The number of ether oxygens (including phenoxy) is 1. The standard InChI is InChI=1S/C16H15F3N4O3.ClH/c1-9(24)8-20-15-22-21-14(12-3-2-6-23(12)15)11-5-4-10(7-13(11)25)26-16(17,18)19;/h2-7,9,24-25H,8H2,1H3,(H,20,22);1H/t9-;/m1./s1. The summed E-state index contributed by atoms with van der Waals surface area (Å²) in [7, 11) is 0. The lowest BCUT2D eigenvalue weighted by atomic mass is 10.1. The fourth-order valence-corrected chi connectivity index (χ4v) is 2.42. The van der Waals surface area contributed by atoms with Gasteiger partial charge in [0, 0.05) is 24.4 Å². The van der Waals surface area contributed by atoms with Crippen LogP contribution in [-0.4, -0.2) is 43.8 Å². The Morgan fingerprint density at radius 2 is 2.00 bits per heavy atom. The maximum Gasteiger partial charge on any atom is 0.573 e. The molecule has 0 aliphatic carbocycles. The molecule has 27 heavy (non-hydrogen) atoms. The van der Waals surface area contributed by atoms with Crippen molar-refractivity contribution in [2.75, 3.05) is 11.9 Å². The Hall–Kier alpha value is -2.72. The SMILES string of the molecule is C[C@@H](O)CNc1nnc(-c2ccc(OC(F)(F)F)cc2O)c2cccn12.Cl. The second-order valence-electron chi connectivity index (χ2n) is 5.59. The van der Waals surface area contributed by atoms with Crippen LogP contribution in [0.3, 0.4) is 0 Å². The molecule has 0 aliphatic heterocycles. The first-order chi connectivity index (χ1) is 12.2. The van der Waals surface area contributed by atoms with Gasteiger partial charge in [-0.25, -0.2) is 0 Å². The van der Waals surface area contributed by atoms with Crippen LogP contribution in [0.5, 0.6) is 11.5 Å².